The second-order valence-corrected chi connectivity index (χ2v) is 28.7. The van der Waals surface area contributed by atoms with E-state index in [-0.39, 0.29) is 63.2 Å². The van der Waals surface area contributed by atoms with Gasteiger partial charge in [-0.3, -0.25) is 19.2 Å². The van der Waals surface area contributed by atoms with Gasteiger partial charge in [-0.25, -0.2) is 0 Å². The lowest BCUT2D eigenvalue weighted by Crippen LogP contribution is -2.58. The van der Waals surface area contributed by atoms with Crippen LogP contribution >= 0.6 is 11.6 Å². The van der Waals surface area contributed by atoms with Gasteiger partial charge in [0.05, 0.1) is 0 Å². The molecule has 9 nitrogen and oxygen atoms in total. The summed E-state index contributed by atoms with van der Waals surface area (Å²) < 4.78 is 11.7. The first-order valence-electron chi connectivity index (χ1n) is 33.0. The van der Waals surface area contributed by atoms with Crippen molar-refractivity contribution >= 4 is 51.8 Å². The molecule has 5 saturated carbocycles. The van der Waals surface area contributed by atoms with Crippen molar-refractivity contribution in [3.63, 3.8) is 0 Å². The van der Waals surface area contributed by atoms with Crippen LogP contribution in [-0.2, 0) is 23.9 Å². The maximum Gasteiger partial charge on any atom is 0.303 e. The second-order valence-electron chi connectivity index (χ2n) is 28.3. The maximum atomic E-state index is 12.8. The SMILES string of the molecule is CC#C[C@]1(O)CC[C@H]2[C@@H]3CCC4=CC(=O)CCC4=C3[C@@H](c3ccc(N(C)C)cc3)C[C@@]21C.CC(=O)O[C@]1(C(C)=O)CC[C@H]2[C@@H]3C=C(Cl)C4=CC(=O)[C@@H]5C[C@@H]5[C@]4(C)[C@H]3CC[C@@]21C.CC/C(=C(\c1ccccc1)c1ccc(OCCN(C)C)cc1)c1ccccc1. The van der Waals surface area contributed by atoms with Gasteiger partial charge in [0.25, 0.3) is 0 Å². The Kier molecular flexibility index (Phi) is 18.2. The molecule has 9 aliphatic carbocycles. The van der Waals surface area contributed by atoms with Crippen molar-refractivity contribution in [2.75, 3.05) is 46.2 Å². The summed E-state index contributed by atoms with van der Waals surface area (Å²) in [6.07, 6.45) is 17.4. The van der Waals surface area contributed by atoms with E-state index in [0.717, 1.165) is 88.5 Å². The van der Waals surface area contributed by atoms with Gasteiger partial charge in [0, 0.05) is 72.8 Å². The fourth-order valence-electron chi connectivity index (χ4n) is 18.8. The predicted octanol–water partition coefficient (Wildman–Crippen LogP) is 16.0. The number of nitrogens with zero attached hydrogens (tertiary/aromatic N) is 2. The molecule has 0 bridgehead atoms. The molecule has 4 aromatic rings. The van der Waals surface area contributed by atoms with Gasteiger partial charge >= 0.3 is 5.97 Å². The molecular formula is C79H93ClN2O7. The second kappa shape index (κ2) is 25.3. The first kappa shape index (κ1) is 64.0. The molecule has 0 spiro atoms. The Balaban J connectivity index is 0.000000138. The van der Waals surface area contributed by atoms with Crippen LogP contribution in [0.1, 0.15) is 160 Å². The Hall–Kier alpha value is -6.57. The molecule has 468 valence electrons. The van der Waals surface area contributed by atoms with Crippen LogP contribution < -0.4 is 9.64 Å². The standard InChI is InChI=1S/C29H35NO2.C26H29NO.C24H29ClO4/c1-5-15-29(32)16-14-26-24-12-8-20-17-22(31)11-13-23(20)27(24)25(18-28(26,29)2)19-6-9-21(10-7-19)30(3)4;1-4-25(21-11-7-5-8-12-21)26(22-13-9-6-10-14-22)23-15-17-24(18-16-23)28-20-19-27(2)3;1-12(26)24(29-13(2)27)8-6-16-14-10-20(25)19-11-21(28)15-9-18(15)23(19,4)17(14)5-7-22(16,24)3/h6-7,9-10,17,24-26,32H,8,11-14,16,18H2,1-4H3;5-18H,4,19-20H2,1-3H3;10-11,14-18H,5-9H2,1-4H3/b;26-25-;/t24-,25+,26-,28-,29-;;14-,15+,16-,17-,18-,22-,23-,24-/m0.0/s1. The molecule has 0 amide bonds. The monoisotopic (exact) mass is 1220 g/mol. The van der Waals surface area contributed by atoms with E-state index in [9.17, 15) is 24.3 Å². The van der Waals surface area contributed by atoms with Crippen LogP contribution in [0.4, 0.5) is 5.69 Å². The lowest BCUT2D eigenvalue weighted by atomic mass is 9.47. The predicted molar refractivity (Wildman–Crippen MR) is 358 cm³/mol. The Bertz CT molecular complexity index is 3600. The smallest absolute Gasteiger partial charge is 0.303 e. The summed E-state index contributed by atoms with van der Waals surface area (Å²) in [5, 5.41) is 12.4. The largest absolute Gasteiger partial charge is 0.492 e. The van der Waals surface area contributed by atoms with Gasteiger partial charge in [-0.05, 0) is 227 Å². The number of carbonyl (C=O) groups excluding carboxylic acids is 4. The van der Waals surface area contributed by atoms with E-state index in [4.69, 9.17) is 21.1 Å². The number of ketones is 3. The maximum absolute atomic E-state index is 12.8. The van der Waals surface area contributed by atoms with Crippen molar-refractivity contribution in [2.24, 2.45) is 57.7 Å². The highest BCUT2D eigenvalue weighted by atomic mass is 35.5. The third-order valence-electron chi connectivity index (χ3n) is 23.3. The van der Waals surface area contributed by atoms with Gasteiger partial charge in [-0.2, -0.15) is 0 Å². The number of ether oxygens (including phenoxy) is 2. The summed E-state index contributed by atoms with van der Waals surface area (Å²) in [5.74, 6) is 9.94. The normalized spacial score (nSPS) is 32.9. The Morgan fingerprint density at radius 2 is 1.37 bits per heavy atom. The van der Waals surface area contributed by atoms with Gasteiger partial charge in [0.15, 0.2) is 23.0 Å². The Morgan fingerprint density at radius 1 is 0.719 bits per heavy atom. The van der Waals surface area contributed by atoms with Crippen molar-refractivity contribution in [1.29, 1.82) is 0 Å². The first-order chi connectivity index (χ1) is 42.5. The van der Waals surface area contributed by atoms with Crippen molar-refractivity contribution in [3.05, 3.63) is 177 Å². The number of carbonyl (C=O) groups is 4. The van der Waals surface area contributed by atoms with Crippen LogP contribution in [0, 0.1) is 69.5 Å². The van der Waals surface area contributed by atoms with Crippen molar-refractivity contribution in [1.82, 2.24) is 4.90 Å². The van der Waals surface area contributed by atoms with E-state index in [1.54, 1.807) is 12.5 Å². The van der Waals surface area contributed by atoms with Crippen LogP contribution in [0.2, 0.25) is 0 Å². The molecule has 1 N–H and O–H groups in total. The van der Waals surface area contributed by atoms with Gasteiger partial charge in [0.1, 0.15) is 18.0 Å². The molecule has 13 rings (SSSR count). The van der Waals surface area contributed by atoms with Gasteiger partial charge < -0.3 is 24.4 Å². The van der Waals surface area contributed by atoms with Gasteiger partial charge in [-0.15, -0.1) is 5.92 Å². The topological polar surface area (TPSA) is 113 Å². The zero-order valence-corrected chi connectivity index (χ0v) is 55.3. The van der Waals surface area contributed by atoms with E-state index in [2.05, 4.69) is 193 Å². The van der Waals surface area contributed by atoms with E-state index in [1.807, 2.05) is 19.1 Å². The van der Waals surface area contributed by atoms with Crippen LogP contribution in [0.3, 0.4) is 0 Å². The molecule has 13 atom stereocenters. The Morgan fingerprint density at radius 3 is 2.00 bits per heavy atom. The molecule has 5 fully saturated rings. The molecule has 10 heteroatoms. The number of fused-ring (bicyclic) bond motifs is 11. The van der Waals surface area contributed by atoms with Crippen molar-refractivity contribution in [2.45, 2.75) is 149 Å². The minimum atomic E-state index is -1.03. The Labute approximate surface area is 535 Å². The quantitative estimate of drug-likeness (QED) is 0.0841. The number of Topliss-reactive ketones (excluding diaryl/α,β-unsaturated/α-hetero) is 1. The number of likely N-dealkylation sites (N-methyl/N-ethyl adjacent to an activating group) is 1. The number of halogens is 1. The summed E-state index contributed by atoms with van der Waals surface area (Å²) in [4.78, 5) is 53.6. The summed E-state index contributed by atoms with van der Waals surface area (Å²) in [5.41, 5.74) is 11.6. The zero-order chi connectivity index (χ0) is 63.4. The summed E-state index contributed by atoms with van der Waals surface area (Å²) in [7, 11) is 8.25. The summed E-state index contributed by atoms with van der Waals surface area (Å²) in [6.45, 7) is 15.4. The third-order valence-corrected chi connectivity index (χ3v) is 23.6. The van der Waals surface area contributed by atoms with Crippen LogP contribution in [-0.4, -0.2) is 85.9 Å². The number of esters is 1. The lowest BCUT2D eigenvalue weighted by molar-refractivity contribution is -0.185. The number of anilines is 1. The molecule has 9 aliphatic rings. The lowest BCUT2D eigenvalue weighted by Gasteiger charge is -2.57. The van der Waals surface area contributed by atoms with Crippen molar-refractivity contribution in [3.8, 4) is 17.6 Å². The highest BCUT2D eigenvalue weighted by Crippen LogP contribution is 2.73. The number of hydrogen-bond acceptors (Lipinski definition) is 9. The van der Waals surface area contributed by atoms with Crippen molar-refractivity contribution < 1.29 is 33.8 Å². The number of allylic oxidation sites excluding steroid dienone is 9. The summed E-state index contributed by atoms with van der Waals surface area (Å²) >= 11 is 6.79. The van der Waals surface area contributed by atoms with Crippen LogP contribution in [0.15, 0.2) is 155 Å². The fraction of sp³-hybridized carbons (Fsp3) is 0.494. The van der Waals surface area contributed by atoms with Crippen LogP contribution in [0.25, 0.3) is 11.1 Å². The molecule has 0 aliphatic heterocycles. The minimum Gasteiger partial charge on any atom is -0.492 e. The van der Waals surface area contributed by atoms with E-state index in [0.29, 0.717) is 48.2 Å². The van der Waals surface area contributed by atoms with Gasteiger partial charge in [0.2, 0.25) is 0 Å². The zero-order valence-electron chi connectivity index (χ0n) is 54.5. The number of hydrogen-bond donors (Lipinski definition) is 1. The molecule has 0 radical (unpaired) electrons. The van der Waals surface area contributed by atoms with E-state index in [1.165, 1.54) is 57.2 Å². The molecule has 89 heavy (non-hydrogen) atoms. The molecule has 0 aromatic heterocycles. The number of benzene rings is 4. The average Bonchev–Trinajstić information content (AvgIpc) is 1.58. The number of rotatable bonds is 12. The highest BCUT2D eigenvalue weighted by Gasteiger charge is 2.71. The third kappa shape index (κ3) is 11.5. The molecule has 0 heterocycles. The average molecular weight is 1220 g/mol. The highest BCUT2D eigenvalue weighted by molar-refractivity contribution is 6.32. The fourth-order valence-corrected chi connectivity index (χ4v) is 19.2. The van der Waals surface area contributed by atoms with Gasteiger partial charge in [-0.1, -0.05) is 142 Å². The number of aliphatic hydroxyl groups is 1. The first-order valence-corrected chi connectivity index (χ1v) is 33.4. The van der Waals surface area contributed by atoms with E-state index < -0.39 is 11.2 Å². The molecular weight excluding hydrogens is 1120 g/mol. The molecule has 0 unspecified atom stereocenters. The minimum absolute atomic E-state index is 0.0423. The van der Waals surface area contributed by atoms with Crippen LogP contribution in [0.5, 0.6) is 5.75 Å². The summed E-state index contributed by atoms with van der Waals surface area (Å²) in [6, 6.07) is 38.8. The molecule has 0 saturated heterocycles. The molecule has 4 aromatic carbocycles. The van der Waals surface area contributed by atoms with E-state index >= 15 is 0 Å².